The summed E-state index contributed by atoms with van der Waals surface area (Å²) < 4.78 is 36.0. The van der Waals surface area contributed by atoms with Crippen molar-refractivity contribution in [3.8, 4) is 11.5 Å². The standard InChI is InChI=1S/C22H17BrN4O4S/c23-18-12-27(14-6-7-14)21-19(18)20(24-13-25-21)22(28)26-32(29,30)17-10-8-16(9-11-17)31-15-4-2-1-3-5-15/h1-5,8-14H,6-7H2,(H,26,28). The summed E-state index contributed by atoms with van der Waals surface area (Å²) in [6.07, 6.45) is 5.21. The van der Waals surface area contributed by atoms with Crippen LogP contribution >= 0.6 is 15.9 Å². The molecule has 2 heterocycles. The number of nitrogens with zero attached hydrogens (tertiary/aromatic N) is 3. The zero-order valence-corrected chi connectivity index (χ0v) is 19.0. The molecule has 4 aromatic rings. The first kappa shape index (κ1) is 20.7. The number of benzene rings is 2. The molecule has 0 saturated heterocycles. The summed E-state index contributed by atoms with van der Waals surface area (Å²) in [5.74, 6) is 0.286. The first-order valence-electron chi connectivity index (χ1n) is 9.83. The van der Waals surface area contributed by atoms with Crippen LogP contribution in [-0.4, -0.2) is 28.9 Å². The predicted octanol–water partition coefficient (Wildman–Crippen LogP) is 4.44. The van der Waals surface area contributed by atoms with Crippen molar-refractivity contribution in [3.63, 3.8) is 0 Å². The third kappa shape index (κ3) is 3.98. The minimum atomic E-state index is -4.11. The Morgan fingerprint density at radius 2 is 1.72 bits per heavy atom. The van der Waals surface area contributed by atoms with Gasteiger partial charge in [0.05, 0.1) is 10.3 Å². The molecule has 0 bridgehead atoms. The van der Waals surface area contributed by atoms with Crippen LogP contribution in [0.15, 0.2) is 76.5 Å². The van der Waals surface area contributed by atoms with E-state index in [-0.39, 0.29) is 10.6 Å². The van der Waals surface area contributed by atoms with Gasteiger partial charge in [-0.3, -0.25) is 4.79 Å². The molecule has 0 unspecified atom stereocenters. The molecule has 1 aliphatic carbocycles. The van der Waals surface area contributed by atoms with Crippen molar-refractivity contribution in [3.05, 3.63) is 77.3 Å². The Hall–Kier alpha value is -3.24. The molecule has 1 aliphatic rings. The normalized spacial score (nSPS) is 13.8. The minimum absolute atomic E-state index is 0.00567. The SMILES string of the molecule is O=C(NS(=O)(=O)c1ccc(Oc2ccccc2)cc1)c1ncnc2c1c(Br)cn2C1CC1. The molecule has 2 aromatic carbocycles. The van der Waals surface area contributed by atoms with E-state index >= 15 is 0 Å². The van der Waals surface area contributed by atoms with Crippen LogP contribution < -0.4 is 9.46 Å². The number of hydrogen-bond acceptors (Lipinski definition) is 6. The van der Waals surface area contributed by atoms with Gasteiger partial charge < -0.3 is 9.30 Å². The second kappa shape index (κ2) is 8.03. The zero-order chi connectivity index (χ0) is 22.3. The molecule has 5 rings (SSSR count). The van der Waals surface area contributed by atoms with E-state index in [1.807, 2.05) is 29.0 Å². The third-order valence-corrected chi connectivity index (χ3v) is 7.01. The van der Waals surface area contributed by atoms with Crippen molar-refractivity contribution in [1.82, 2.24) is 19.3 Å². The molecule has 1 fully saturated rings. The van der Waals surface area contributed by atoms with E-state index in [9.17, 15) is 13.2 Å². The Labute approximate surface area is 192 Å². The minimum Gasteiger partial charge on any atom is -0.457 e. The maximum atomic E-state index is 12.9. The summed E-state index contributed by atoms with van der Waals surface area (Å²) in [6, 6.07) is 15.3. The lowest BCUT2D eigenvalue weighted by Gasteiger charge is -2.09. The maximum Gasteiger partial charge on any atom is 0.284 e. The van der Waals surface area contributed by atoms with Crippen LogP contribution in [0.2, 0.25) is 0 Å². The maximum absolute atomic E-state index is 12.9. The number of halogens is 1. The summed E-state index contributed by atoms with van der Waals surface area (Å²) in [7, 11) is -4.11. The van der Waals surface area contributed by atoms with Crippen LogP contribution in [0.25, 0.3) is 11.0 Å². The molecule has 0 spiro atoms. The van der Waals surface area contributed by atoms with E-state index < -0.39 is 15.9 Å². The fourth-order valence-corrected chi connectivity index (χ4v) is 4.92. The molecule has 1 N–H and O–H groups in total. The van der Waals surface area contributed by atoms with Gasteiger partial charge in [-0.15, -0.1) is 0 Å². The van der Waals surface area contributed by atoms with Crippen LogP contribution in [-0.2, 0) is 10.0 Å². The van der Waals surface area contributed by atoms with Gasteiger partial charge in [-0.05, 0) is 65.2 Å². The predicted molar refractivity (Wildman–Crippen MR) is 121 cm³/mol. The van der Waals surface area contributed by atoms with E-state index in [4.69, 9.17) is 4.74 Å². The van der Waals surface area contributed by atoms with E-state index in [0.29, 0.717) is 33.0 Å². The molecule has 0 aliphatic heterocycles. The van der Waals surface area contributed by atoms with Crippen LogP contribution in [0, 0.1) is 0 Å². The highest BCUT2D eigenvalue weighted by molar-refractivity contribution is 9.10. The largest absolute Gasteiger partial charge is 0.457 e. The lowest BCUT2D eigenvalue weighted by Crippen LogP contribution is -2.31. The number of carbonyl (C=O) groups excluding carboxylic acids is 1. The highest BCUT2D eigenvalue weighted by Gasteiger charge is 2.29. The van der Waals surface area contributed by atoms with Gasteiger partial charge in [0.25, 0.3) is 15.9 Å². The van der Waals surface area contributed by atoms with Gasteiger partial charge in [-0.1, -0.05) is 18.2 Å². The number of carbonyl (C=O) groups is 1. The van der Waals surface area contributed by atoms with Crippen molar-refractivity contribution in [1.29, 1.82) is 0 Å². The highest BCUT2D eigenvalue weighted by Crippen LogP contribution is 2.40. The van der Waals surface area contributed by atoms with Crippen molar-refractivity contribution in [2.75, 3.05) is 0 Å². The van der Waals surface area contributed by atoms with Gasteiger partial charge in [0.1, 0.15) is 29.2 Å². The van der Waals surface area contributed by atoms with Crippen LogP contribution in [0.3, 0.4) is 0 Å². The van der Waals surface area contributed by atoms with Gasteiger partial charge in [0.15, 0.2) is 0 Å². The Balaban J connectivity index is 1.38. The summed E-state index contributed by atoms with van der Waals surface area (Å²) in [5, 5.41) is 0.485. The molecule has 162 valence electrons. The van der Waals surface area contributed by atoms with Gasteiger partial charge >= 0.3 is 0 Å². The molecule has 0 atom stereocenters. The Kier molecular flexibility index (Phi) is 5.18. The van der Waals surface area contributed by atoms with Gasteiger partial charge in [0.2, 0.25) is 0 Å². The summed E-state index contributed by atoms with van der Waals surface area (Å²) in [6.45, 7) is 0. The number of aromatic nitrogens is 3. The fourth-order valence-electron chi connectivity index (χ4n) is 3.38. The Morgan fingerprint density at radius 1 is 1.03 bits per heavy atom. The van der Waals surface area contributed by atoms with Gasteiger partial charge in [-0.25, -0.2) is 23.1 Å². The molecule has 32 heavy (non-hydrogen) atoms. The lowest BCUT2D eigenvalue weighted by molar-refractivity contribution is 0.0978. The summed E-state index contributed by atoms with van der Waals surface area (Å²) >= 11 is 3.45. The van der Waals surface area contributed by atoms with Gasteiger partial charge in [-0.2, -0.15) is 0 Å². The number of hydrogen-bond donors (Lipinski definition) is 1. The fraction of sp³-hybridized carbons (Fsp3) is 0.136. The molecular weight excluding hydrogens is 496 g/mol. The average molecular weight is 513 g/mol. The second-order valence-corrected chi connectivity index (χ2v) is 9.89. The Morgan fingerprint density at radius 3 is 2.41 bits per heavy atom. The van der Waals surface area contributed by atoms with Crippen LogP contribution in [0.5, 0.6) is 11.5 Å². The third-order valence-electron chi connectivity index (χ3n) is 5.06. The number of amides is 1. The second-order valence-electron chi connectivity index (χ2n) is 7.36. The zero-order valence-electron chi connectivity index (χ0n) is 16.6. The Bertz CT molecular complexity index is 1420. The molecule has 0 radical (unpaired) electrons. The first-order valence-corrected chi connectivity index (χ1v) is 12.1. The van der Waals surface area contributed by atoms with E-state index in [1.54, 1.807) is 12.1 Å². The number of nitrogens with one attached hydrogen (secondary N) is 1. The van der Waals surface area contributed by atoms with E-state index in [2.05, 4.69) is 30.6 Å². The van der Waals surface area contributed by atoms with Crippen molar-refractivity contribution < 1.29 is 17.9 Å². The first-order chi connectivity index (χ1) is 15.4. The lowest BCUT2D eigenvalue weighted by atomic mass is 10.3. The number of fused-ring (bicyclic) bond motifs is 1. The number of ether oxygens (including phenoxy) is 1. The van der Waals surface area contributed by atoms with Crippen molar-refractivity contribution in [2.45, 2.75) is 23.8 Å². The monoisotopic (exact) mass is 512 g/mol. The molecule has 8 nitrogen and oxygen atoms in total. The van der Waals surface area contributed by atoms with Crippen LogP contribution in [0.1, 0.15) is 29.4 Å². The smallest absolute Gasteiger partial charge is 0.284 e. The topological polar surface area (TPSA) is 103 Å². The molecule has 1 amide bonds. The van der Waals surface area contributed by atoms with Crippen LogP contribution in [0.4, 0.5) is 0 Å². The number of rotatable bonds is 6. The van der Waals surface area contributed by atoms with E-state index in [0.717, 1.165) is 12.8 Å². The number of sulfonamides is 1. The summed E-state index contributed by atoms with van der Waals surface area (Å²) in [5.41, 5.74) is 0.591. The van der Waals surface area contributed by atoms with Crippen molar-refractivity contribution >= 4 is 42.9 Å². The van der Waals surface area contributed by atoms with Gasteiger partial charge in [0, 0.05) is 16.7 Å². The quantitative estimate of drug-likeness (QED) is 0.409. The molecule has 10 heteroatoms. The number of para-hydroxylation sites is 1. The molecule has 1 saturated carbocycles. The van der Waals surface area contributed by atoms with Crippen molar-refractivity contribution in [2.24, 2.45) is 0 Å². The molecular formula is C22H17BrN4O4S. The average Bonchev–Trinajstić information content (AvgIpc) is 3.58. The molecule has 2 aromatic heterocycles. The van der Waals surface area contributed by atoms with E-state index in [1.165, 1.54) is 30.6 Å². The summed E-state index contributed by atoms with van der Waals surface area (Å²) in [4.78, 5) is 21.1. The highest BCUT2D eigenvalue weighted by atomic mass is 79.9.